The molecule has 0 spiro atoms. The molecule has 0 radical (unpaired) electrons. The van der Waals surface area contributed by atoms with Gasteiger partial charge in [-0.3, -0.25) is 14.3 Å². The highest BCUT2D eigenvalue weighted by atomic mass is 31.2. The molecule has 6 atom stereocenters. The molecule has 1 aliphatic heterocycles. The number of fused-ring (bicyclic) bond motifs is 1. The Hall–Kier alpha value is -3.39. The van der Waals surface area contributed by atoms with Gasteiger partial charge in [-0.2, -0.15) is 10.2 Å². The minimum absolute atomic E-state index is 0.201. The van der Waals surface area contributed by atoms with Crippen LogP contribution in [-0.2, 0) is 29.0 Å². The number of aliphatic imine (C=N–C) groups is 1. The van der Waals surface area contributed by atoms with Crippen molar-refractivity contribution in [3.05, 3.63) is 54.5 Å². The van der Waals surface area contributed by atoms with Crippen molar-refractivity contribution >= 4 is 31.3 Å². The number of aliphatic hydroxyl groups is 2. The zero-order valence-electron chi connectivity index (χ0n) is 20.9. The highest BCUT2D eigenvalue weighted by Gasteiger charge is 2.56. The average Bonchev–Trinajstić information content (AvgIpc) is 3.44. The number of methoxy groups -OCH3 is 1. The molecule has 3 aromatic rings. The molecular formula is C23H29N6O8P. The van der Waals surface area contributed by atoms with Crippen molar-refractivity contribution in [1.82, 2.24) is 19.7 Å². The molecule has 5 N–H and O–H groups in total. The van der Waals surface area contributed by atoms with Crippen LogP contribution in [0.4, 0.5) is 5.82 Å². The molecule has 0 aliphatic carbocycles. The number of ether oxygens (including phenoxy) is 2. The number of carbonyl (C=O) groups excluding carboxylic acids is 1. The molecule has 14 nitrogen and oxygen atoms in total. The molecule has 1 aromatic carbocycles. The van der Waals surface area contributed by atoms with Crippen LogP contribution in [0.5, 0.6) is 5.75 Å². The number of carbonyl (C=O) groups is 1. The number of benzene rings is 1. The van der Waals surface area contributed by atoms with Crippen molar-refractivity contribution in [2.45, 2.75) is 36.9 Å². The van der Waals surface area contributed by atoms with Crippen LogP contribution in [0, 0.1) is 0 Å². The van der Waals surface area contributed by atoms with Gasteiger partial charge >= 0.3 is 13.7 Å². The van der Waals surface area contributed by atoms with Crippen molar-refractivity contribution in [3.63, 3.8) is 0 Å². The van der Waals surface area contributed by atoms with Gasteiger partial charge in [0, 0.05) is 13.3 Å². The summed E-state index contributed by atoms with van der Waals surface area (Å²) in [5, 5.41) is 28.8. The van der Waals surface area contributed by atoms with E-state index in [1.54, 1.807) is 42.5 Å². The van der Waals surface area contributed by atoms with E-state index in [-0.39, 0.29) is 11.6 Å². The average molecular weight is 548 g/mol. The van der Waals surface area contributed by atoms with Crippen molar-refractivity contribution in [2.75, 3.05) is 26.5 Å². The minimum Gasteiger partial charge on any atom is -0.468 e. The minimum atomic E-state index is -4.23. The topological polar surface area (TPSA) is 192 Å². The molecule has 4 rings (SSSR count). The molecule has 204 valence electrons. The Morgan fingerprint density at radius 1 is 1.34 bits per heavy atom. The lowest BCUT2D eigenvalue weighted by Gasteiger charge is -2.28. The van der Waals surface area contributed by atoms with Gasteiger partial charge in [-0.05, 0) is 31.2 Å². The molecule has 3 heterocycles. The number of nitrogens with two attached hydrogens (primary N) is 1. The first kappa shape index (κ1) is 27.6. The van der Waals surface area contributed by atoms with Crippen LogP contribution in [0.2, 0.25) is 0 Å². The van der Waals surface area contributed by atoms with E-state index < -0.39 is 50.3 Å². The molecule has 1 saturated heterocycles. The van der Waals surface area contributed by atoms with Crippen molar-refractivity contribution in [2.24, 2.45) is 4.99 Å². The third-order valence-corrected chi connectivity index (χ3v) is 7.62. The number of aromatic nitrogens is 3. The standard InChI is InChI=1S/C23H29N6O8P/c1-14(22(32)34-3)28-38(33,37-15-7-5-4-6-8-15)35-11-17-19(30)20(31)23(36-17,12-25-2)18-10-9-16-21(24)26-13-27-29(16)18/h4-10,12-14,17,19-20,30-31H,11H2,1-3H3,(H,28,33)(H2,24,26,27)/b25-12-/t14-,17+,19+,20+,23-,38?/m0/s1. The van der Waals surface area contributed by atoms with Crippen LogP contribution in [0.25, 0.3) is 5.52 Å². The van der Waals surface area contributed by atoms with Gasteiger partial charge in [-0.25, -0.2) is 14.1 Å². The van der Waals surface area contributed by atoms with Gasteiger partial charge in [0.05, 0.1) is 19.4 Å². The van der Waals surface area contributed by atoms with E-state index in [9.17, 15) is 19.6 Å². The van der Waals surface area contributed by atoms with E-state index in [4.69, 9.17) is 19.5 Å². The third-order valence-electron chi connectivity index (χ3n) is 5.98. The Morgan fingerprint density at radius 3 is 2.76 bits per heavy atom. The number of aliphatic hydroxyl groups excluding tert-OH is 2. The Bertz CT molecular complexity index is 1350. The van der Waals surface area contributed by atoms with E-state index in [1.165, 1.54) is 38.1 Å². The molecule has 0 saturated carbocycles. The van der Waals surface area contributed by atoms with E-state index in [0.29, 0.717) is 11.2 Å². The Morgan fingerprint density at radius 2 is 2.08 bits per heavy atom. The number of hydrogen-bond acceptors (Lipinski definition) is 12. The summed E-state index contributed by atoms with van der Waals surface area (Å²) < 4.78 is 37.1. The maximum absolute atomic E-state index is 13.7. The summed E-state index contributed by atoms with van der Waals surface area (Å²) in [5.74, 6) is -0.289. The van der Waals surface area contributed by atoms with E-state index in [0.717, 1.165) is 0 Å². The SMILES string of the molecule is C/N=C\[C@@]1(c2ccc3c(N)ncnn23)O[C@H](COP(=O)(N[C@@H](C)C(=O)OC)Oc2ccccc2)[C@@H](O)[C@H]1O. The molecular weight excluding hydrogens is 519 g/mol. The Balaban J connectivity index is 1.61. The number of anilines is 1. The highest BCUT2D eigenvalue weighted by Crippen LogP contribution is 2.47. The first-order valence-corrected chi connectivity index (χ1v) is 13.1. The predicted molar refractivity (Wildman–Crippen MR) is 136 cm³/mol. The number of esters is 1. The Labute approximate surface area is 218 Å². The second-order valence-corrected chi connectivity index (χ2v) is 10.2. The largest absolute Gasteiger partial charge is 0.468 e. The fraction of sp³-hybridized carbons (Fsp3) is 0.391. The van der Waals surface area contributed by atoms with Crippen LogP contribution in [-0.4, -0.2) is 82.1 Å². The van der Waals surface area contributed by atoms with Crippen LogP contribution in [0.3, 0.4) is 0 Å². The van der Waals surface area contributed by atoms with E-state index >= 15 is 0 Å². The maximum atomic E-state index is 13.7. The maximum Gasteiger partial charge on any atom is 0.459 e. The number of hydrogen-bond donors (Lipinski definition) is 4. The molecule has 15 heteroatoms. The summed E-state index contributed by atoms with van der Waals surface area (Å²) in [5.41, 5.74) is 5.06. The van der Waals surface area contributed by atoms with Gasteiger partial charge in [0.25, 0.3) is 0 Å². The number of nitrogen functional groups attached to an aromatic ring is 1. The zero-order chi connectivity index (χ0) is 27.5. The molecule has 1 fully saturated rings. The number of rotatable bonds is 10. The first-order chi connectivity index (χ1) is 18.1. The summed E-state index contributed by atoms with van der Waals surface area (Å²) >= 11 is 0. The van der Waals surface area contributed by atoms with Gasteiger partial charge in [0.1, 0.15) is 41.9 Å². The molecule has 2 aromatic heterocycles. The fourth-order valence-corrected chi connectivity index (χ4v) is 5.66. The normalized spacial score (nSPS) is 25.9. The lowest BCUT2D eigenvalue weighted by Crippen LogP contribution is -2.43. The quantitative estimate of drug-likeness (QED) is 0.158. The summed E-state index contributed by atoms with van der Waals surface area (Å²) in [7, 11) is -1.56. The summed E-state index contributed by atoms with van der Waals surface area (Å²) in [6, 6.07) is 10.4. The number of nitrogens with one attached hydrogen (secondary N) is 1. The third kappa shape index (κ3) is 5.27. The molecule has 38 heavy (non-hydrogen) atoms. The van der Waals surface area contributed by atoms with Gasteiger partial charge < -0.3 is 29.9 Å². The van der Waals surface area contributed by atoms with E-state index in [1.807, 2.05) is 0 Å². The van der Waals surface area contributed by atoms with Crippen LogP contribution < -0.4 is 15.3 Å². The fourth-order valence-electron chi connectivity index (χ4n) is 4.15. The monoisotopic (exact) mass is 548 g/mol. The highest BCUT2D eigenvalue weighted by molar-refractivity contribution is 7.52. The Kier molecular flexibility index (Phi) is 8.11. The number of para-hydroxylation sites is 1. The van der Waals surface area contributed by atoms with Gasteiger partial charge in [0.15, 0.2) is 11.4 Å². The summed E-state index contributed by atoms with van der Waals surface area (Å²) in [4.78, 5) is 20.0. The van der Waals surface area contributed by atoms with Crippen LogP contribution in [0.1, 0.15) is 12.6 Å². The lowest BCUT2D eigenvalue weighted by molar-refractivity contribution is -0.142. The second-order valence-electron chi connectivity index (χ2n) is 8.50. The van der Waals surface area contributed by atoms with Gasteiger partial charge in [0.2, 0.25) is 0 Å². The molecule has 0 amide bonds. The van der Waals surface area contributed by atoms with Crippen LogP contribution in [0.15, 0.2) is 53.8 Å². The van der Waals surface area contributed by atoms with Crippen molar-refractivity contribution in [1.29, 1.82) is 0 Å². The first-order valence-electron chi connectivity index (χ1n) is 11.5. The van der Waals surface area contributed by atoms with Gasteiger partial charge in [-0.1, -0.05) is 18.2 Å². The predicted octanol–water partition coefficient (Wildman–Crippen LogP) is 0.683. The van der Waals surface area contributed by atoms with Crippen LogP contribution >= 0.6 is 7.75 Å². The number of nitrogens with zero attached hydrogens (tertiary/aromatic N) is 4. The lowest BCUT2D eigenvalue weighted by atomic mass is 9.92. The van der Waals surface area contributed by atoms with E-state index in [2.05, 4.69) is 24.9 Å². The van der Waals surface area contributed by atoms with Gasteiger partial charge in [-0.15, -0.1) is 0 Å². The smallest absolute Gasteiger partial charge is 0.459 e. The second kappa shape index (κ2) is 11.2. The van der Waals surface area contributed by atoms with Crippen molar-refractivity contribution < 1.29 is 38.1 Å². The molecule has 1 unspecified atom stereocenters. The zero-order valence-corrected chi connectivity index (χ0v) is 21.8. The molecule has 0 bridgehead atoms. The summed E-state index contributed by atoms with van der Waals surface area (Å²) in [6.45, 7) is 0.928. The summed E-state index contributed by atoms with van der Waals surface area (Å²) in [6.07, 6.45) is -1.65. The van der Waals surface area contributed by atoms with Crippen molar-refractivity contribution in [3.8, 4) is 5.75 Å². The molecule has 1 aliphatic rings.